The predicted octanol–water partition coefficient (Wildman–Crippen LogP) is 4.61. The Morgan fingerprint density at radius 3 is 2.56 bits per heavy atom. The van der Waals surface area contributed by atoms with Gasteiger partial charge in [-0.1, -0.05) is 26.0 Å². The van der Waals surface area contributed by atoms with Crippen molar-refractivity contribution in [3.63, 3.8) is 0 Å². The molecule has 4 heterocycles. The topological polar surface area (TPSA) is 85.2 Å². The molecule has 1 aliphatic carbocycles. The molecule has 0 aromatic carbocycles. The van der Waals surface area contributed by atoms with E-state index in [0.29, 0.717) is 29.0 Å². The molecule has 3 aromatic rings. The zero-order valence-electron chi connectivity index (χ0n) is 21.3. The van der Waals surface area contributed by atoms with Gasteiger partial charge in [-0.15, -0.1) is 0 Å². The van der Waals surface area contributed by atoms with Gasteiger partial charge in [0.05, 0.1) is 48.2 Å². The number of allylic oxidation sites excluding steroid dienone is 1. The zero-order chi connectivity index (χ0) is 25.1. The van der Waals surface area contributed by atoms with Gasteiger partial charge >= 0.3 is 0 Å². The molecule has 8 nitrogen and oxygen atoms in total. The monoisotopic (exact) mass is 486 g/mol. The minimum Gasteiger partial charge on any atom is -0.379 e. The fraction of sp³-hybridized carbons (Fsp3) is 0.429. The third-order valence-corrected chi connectivity index (χ3v) is 7.20. The molecule has 1 atom stereocenters. The number of amides is 1. The second kappa shape index (κ2) is 10.7. The fourth-order valence-electron chi connectivity index (χ4n) is 4.91. The van der Waals surface area contributed by atoms with Crippen LogP contribution in [-0.2, 0) is 4.74 Å². The first kappa shape index (κ1) is 24.3. The second-order valence-electron chi connectivity index (χ2n) is 9.85. The average molecular weight is 487 g/mol. The molecular formula is C28H34N6O2. The SMILES string of the molecule is Cc1c(C(=O)Nc2ccc(C3=CCC(N4CCOCC4)CC3)nc2)cnn1-c1ccc(C(C)C)cn1. The Morgan fingerprint density at radius 2 is 1.92 bits per heavy atom. The number of morpholine rings is 1. The van der Waals surface area contributed by atoms with Crippen molar-refractivity contribution in [2.24, 2.45) is 0 Å². The number of ether oxygens (including phenoxy) is 1. The van der Waals surface area contributed by atoms with Crippen LogP contribution in [0.3, 0.4) is 0 Å². The van der Waals surface area contributed by atoms with Crippen molar-refractivity contribution >= 4 is 17.2 Å². The normalized spacial score (nSPS) is 18.8. The molecule has 1 amide bonds. The van der Waals surface area contributed by atoms with Gasteiger partial charge in [-0.3, -0.25) is 14.7 Å². The summed E-state index contributed by atoms with van der Waals surface area (Å²) in [5.74, 6) is 0.893. The molecule has 1 saturated heterocycles. The number of rotatable bonds is 6. The lowest BCUT2D eigenvalue weighted by Gasteiger charge is -2.36. The van der Waals surface area contributed by atoms with Crippen LogP contribution in [0.15, 0.2) is 48.9 Å². The van der Waals surface area contributed by atoms with Gasteiger partial charge in [0.2, 0.25) is 0 Å². The van der Waals surface area contributed by atoms with Crippen LogP contribution in [0.1, 0.15) is 66.3 Å². The second-order valence-corrected chi connectivity index (χ2v) is 9.85. The quantitative estimate of drug-likeness (QED) is 0.548. The lowest BCUT2D eigenvalue weighted by atomic mass is 9.92. The van der Waals surface area contributed by atoms with Gasteiger partial charge in [0.25, 0.3) is 5.91 Å². The van der Waals surface area contributed by atoms with E-state index in [1.165, 1.54) is 11.1 Å². The lowest BCUT2D eigenvalue weighted by molar-refractivity contribution is 0.0150. The van der Waals surface area contributed by atoms with Gasteiger partial charge in [-0.25, -0.2) is 9.67 Å². The molecule has 1 aliphatic heterocycles. The van der Waals surface area contributed by atoms with E-state index in [0.717, 1.165) is 57.0 Å². The van der Waals surface area contributed by atoms with Crippen LogP contribution in [-0.4, -0.2) is 62.9 Å². The number of pyridine rings is 2. The number of hydrogen-bond acceptors (Lipinski definition) is 6. The van der Waals surface area contributed by atoms with Crippen molar-refractivity contribution in [3.05, 3.63) is 71.4 Å². The first-order valence-electron chi connectivity index (χ1n) is 12.8. The summed E-state index contributed by atoms with van der Waals surface area (Å²) in [5, 5.41) is 7.35. The maximum Gasteiger partial charge on any atom is 0.259 e. The van der Waals surface area contributed by atoms with E-state index in [1.54, 1.807) is 17.1 Å². The minimum atomic E-state index is -0.211. The molecule has 0 spiro atoms. The van der Waals surface area contributed by atoms with Gasteiger partial charge in [0.15, 0.2) is 5.82 Å². The molecule has 188 valence electrons. The van der Waals surface area contributed by atoms with Gasteiger partial charge in [0, 0.05) is 25.3 Å². The number of carbonyl (C=O) groups is 1. The molecule has 0 bridgehead atoms. The van der Waals surface area contributed by atoms with Crippen LogP contribution < -0.4 is 5.32 Å². The van der Waals surface area contributed by atoms with E-state index >= 15 is 0 Å². The van der Waals surface area contributed by atoms with Crippen LogP contribution in [0.5, 0.6) is 0 Å². The number of nitrogens with one attached hydrogen (secondary N) is 1. The minimum absolute atomic E-state index is 0.211. The van der Waals surface area contributed by atoms with E-state index in [1.807, 2.05) is 37.4 Å². The van der Waals surface area contributed by atoms with Crippen molar-refractivity contribution in [1.82, 2.24) is 24.6 Å². The van der Waals surface area contributed by atoms with E-state index in [4.69, 9.17) is 4.74 Å². The predicted molar refractivity (Wildman–Crippen MR) is 140 cm³/mol. The summed E-state index contributed by atoms with van der Waals surface area (Å²) in [6.07, 6.45) is 10.7. The van der Waals surface area contributed by atoms with E-state index in [9.17, 15) is 4.79 Å². The maximum absolute atomic E-state index is 13.0. The first-order valence-corrected chi connectivity index (χ1v) is 12.8. The van der Waals surface area contributed by atoms with Crippen LogP contribution in [0.2, 0.25) is 0 Å². The van der Waals surface area contributed by atoms with Gasteiger partial charge in [-0.2, -0.15) is 5.10 Å². The van der Waals surface area contributed by atoms with E-state index in [2.05, 4.69) is 45.2 Å². The maximum atomic E-state index is 13.0. The van der Waals surface area contributed by atoms with Gasteiger partial charge in [-0.05, 0) is 61.4 Å². The molecule has 0 radical (unpaired) electrons. The fourth-order valence-corrected chi connectivity index (χ4v) is 4.91. The average Bonchev–Trinajstić information content (AvgIpc) is 3.31. The summed E-state index contributed by atoms with van der Waals surface area (Å²) in [5.41, 5.74) is 5.34. The molecule has 3 aromatic heterocycles. The largest absolute Gasteiger partial charge is 0.379 e. The Kier molecular flexibility index (Phi) is 7.25. The van der Waals surface area contributed by atoms with Gasteiger partial charge in [0.1, 0.15) is 0 Å². The molecule has 1 unspecified atom stereocenters. The Bertz CT molecular complexity index is 1220. The molecule has 2 aliphatic rings. The Labute approximate surface area is 212 Å². The molecule has 1 fully saturated rings. The molecule has 8 heteroatoms. The third-order valence-electron chi connectivity index (χ3n) is 7.20. The molecule has 5 rings (SSSR count). The van der Waals surface area contributed by atoms with Crippen LogP contribution in [0.4, 0.5) is 5.69 Å². The third kappa shape index (κ3) is 5.24. The highest BCUT2D eigenvalue weighted by Gasteiger charge is 2.24. The summed E-state index contributed by atoms with van der Waals surface area (Å²) in [6.45, 7) is 9.87. The van der Waals surface area contributed by atoms with Crippen molar-refractivity contribution in [2.75, 3.05) is 31.6 Å². The number of anilines is 1. The lowest BCUT2D eigenvalue weighted by Crippen LogP contribution is -2.43. The molecule has 0 saturated carbocycles. The van der Waals surface area contributed by atoms with E-state index in [-0.39, 0.29) is 5.91 Å². The number of aromatic nitrogens is 4. The molecular weight excluding hydrogens is 452 g/mol. The number of carbonyl (C=O) groups excluding carboxylic acids is 1. The van der Waals surface area contributed by atoms with Crippen molar-refractivity contribution in [2.45, 2.75) is 52.0 Å². The van der Waals surface area contributed by atoms with Crippen LogP contribution >= 0.6 is 0 Å². The summed E-state index contributed by atoms with van der Waals surface area (Å²) in [4.78, 5) is 24.7. The van der Waals surface area contributed by atoms with Crippen LogP contribution in [0.25, 0.3) is 11.4 Å². The first-order chi connectivity index (χ1) is 17.5. The van der Waals surface area contributed by atoms with E-state index < -0.39 is 0 Å². The van der Waals surface area contributed by atoms with Crippen molar-refractivity contribution < 1.29 is 9.53 Å². The zero-order valence-corrected chi connectivity index (χ0v) is 21.3. The van der Waals surface area contributed by atoms with Crippen molar-refractivity contribution in [3.8, 4) is 5.82 Å². The highest BCUT2D eigenvalue weighted by atomic mass is 16.5. The molecule has 36 heavy (non-hydrogen) atoms. The summed E-state index contributed by atoms with van der Waals surface area (Å²) in [6, 6.07) is 8.49. The van der Waals surface area contributed by atoms with Gasteiger partial charge < -0.3 is 10.1 Å². The summed E-state index contributed by atoms with van der Waals surface area (Å²) >= 11 is 0. The van der Waals surface area contributed by atoms with Crippen LogP contribution in [0, 0.1) is 6.92 Å². The highest BCUT2D eigenvalue weighted by molar-refractivity contribution is 6.04. The molecule has 1 N–H and O–H groups in total. The Hall–Kier alpha value is -3.36. The summed E-state index contributed by atoms with van der Waals surface area (Å²) < 4.78 is 7.18. The Balaban J connectivity index is 1.22. The summed E-state index contributed by atoms with van der Waals surface area (Å²) in [7, 11) is 0. The number of hydrogen-bond donors (Lipinski definition) is 1. The highest BCUT2D eigenvalue weighted by Crippen LogP contribution is 2.29. The standard InChI is InChI=1S/C28H34N6O2/c1-19(2)22-6-11-27(30-16-22)34-20(3)25(18-31-34)28(35)32-23-7-10-26(29-17-23)21-4-8-24(9-5-21)33-12-14-36-15-13-33/h4,6-7,10-11,16-19,24H,5,8-9,12-15H2,1-3H3,(H,32,35). The smallest absolute Gasteiger partial charge is 0.259 e. The van der Waals surface area contributed by atoms with Crippen molar-refractivity contribution in [1.29, 1.82) is 0 Å². The Morgan fingerprint density at radius 1 is 1.08 bits per heavy atom. The number of nitrogens with zero attached hydrogens (tertiary/aromatic N) is 5.